The van der Waals surface area contributed by atoms with Crippen molar-refractivity contribution in [3.8, 4) is 0 Å². The molecule has 0 radical (unpaired) electrons. The summed E-state index contributed by atoms with van der Waals surface area (Å²) in [6.07, 6.45) is -0.386. The van der Waals surface area contributed by atoms with E-state index in [0.717, 1.165) is 5.56 Å². The third-order valence-electron chi connectivity index (χ3n) is 6.33. The van der Waals surface area contributed by atoms with Crippen LogP contribution in [-0.2, 0) is 29.9 Å². The number of hydrogen-bond acceptors (Lipinski definition) is 5. The molecule has 5 nitrogen and oxygen atoms in total. The van der Waals surface area contributed by atoms with Crippen LogP contribution < -0.4 is 0 Å². The minimum atomic E-state index is -1.90. The molecule has 0 aliphatic carbocycles. The van der Waals surface area contributed by atoms with Gasteiger partial charge in [0, 0.05) is 7.11 Å². The normalized spacial score (nSPS) is 31.0. The Morgan fingerprint density at radius 2 is 1.81 bits per heavy atom. The molecule has 0 saturated carbocycles. The van der Waals surface area contributed by atoms with Gasteiger partial charge in [0.1, 0.15) is 12.2 Å². The quantitative estimate of drug-likeness (QED) is 0.545. The van der Waals surface area contributed by atoms with Crippen molar-refractivity contribution in [3.63, 3.8) is 0 Å². The SMILES string of the molecule is CO[C@@H]1O[C@H](CO[Si](C)(C)C(C)(C)C)[C@H]2OC(=O)[C@H](Cc3ccccc3)[C@@H]12. The van der Waals surface area contributed by atoms with Gasteiger partial charge in [-0.05, 0) is 30.1 Å². The zero-order valence-electron chi connectivity index (χ0n) is 17.2. The van der Waals surface area contributed by atoms with Crippen LogP contribution in [0.2, 0.25) is 18.1 Å². The minimum Gasteiger partial charge on any atom is -0.459 e. The molecule has 0 bridgehead atoms. The van der Waals surface area contributed by atoms with E-state index in [1.165, 1.54) is 0 Å². The maximum absolute atomic E-state index is 12.6. The number of esters is 1. The summed E-state index contributed by atoms with van der Waals surface area (Å²) in [5.74, 6) is -0.507. The third-order valence-corrected chi connectivity index (χ3v) is 10.8. The van der Waals surface area contributed by atoms with Gasteiger partial charge in [-0.1, -0.05) is 51.1 Å². The smallest absolute Gasteiger partial charge is 0.310 e. The topological polar surface area (TPSA) is 54.0 Å². The van der Waals surface area contributed by atoms with E-state index in [9.17, 15) is 4.79 Å². The summed E-state index contributed by atoms with van der Waals surface area (Å²) >= 11 is 0. The van der Waals surface area contributed by atoms with Crippen molar-refractivity contribution in [2.24, 2.45) is 11.8 Å². The van der Waals surface area contributed by atoms with Gasteiger partial charge < -0.3 is 18.6 Å². The van der Waals surface area contributed by atoms with Gasteiger partial charge in [0.05, 0.1) is 18.4 Å². The van der Waals surface area contributed by atoms with E-state index in [4.69, 9.17) is 18.6 Å². The number of benzene rings is 1. The standard InChI is InChI=1S/C21H32O5Si/c1-21(2,3)27(5,6)24-13-16-18-17(20(23-4)25-16)15(19(22)26-18)12-14-10-8-7-9-11-14/h7-11,15-18,20H,12-13H2,1-6H3/t15-,16-,17-,18-,20-/m1/s1. The van der Waals surface area contributed by atoms with E-state index in [1.807, 2.05) is 30.3 Å². The molecule has 3 rings (SSSR count). The highest BCUT2D eigenvalue weighted by Gasteiger charge is 2.58. The second-order valence-electron chi connectivity index (χ2n) is 9.13. The number of carbonyl (C=O) groups excluding carboxylic acids is 1. The predicted molar refractivity (Wildman–Crippen MR) is 106 cm³/mol. The molecule has 27 heavy (non-hydrogen) atoms. The number of hydrogen-bond donors (Lipinski definition) is 0. The molecule has 2 aliphatic rings. The summed E-state index contributed by atoms with van der Waals surface area (Å²) in [6, 6.07) is 10.0. The van der Waals surface area contributed by atoms with Crippen LogP contribution >= 0.6 is 0 Å². The van der Waals surface area contributed by atoms with E-state index in [1.54, 1.807) is 7.11 Å². The van der Waals surface area contributed by atoms with Gasteiger partial charge in [0.2, 0.25) is 0 Å². The van der Waals surface area contributed by atoms with Crippen molar-refractivity contribution in [3.05, 3.63) is 35.9 Å². The molecule has 5 atom stereocenters. The van der Waals surface area contributed by atoms with Crippen LogP contribution in [-0.4, -0.2) is 46.5 Å². The molecule has 150 valence electrons. The van der Waals surface area contributed by atoms with Gasteiger partial charge in [0.15, 0.2) is 14.6 Å². The Bertz CT molecular complexity index is 654. The fraction of sp³-hybridized carbons (Fsp3) is 0.667. The van der Waals surface area contributed by atoms with Crippen LogP contribution in [0, 0.1) is 11.8 Å². The summed E-state index contributed by atoms with van der Waals surface area (Å²) in [5, 5.41) is 0.119. The Labute approximate surface area is 163 Å². The van der Waals surface area contributed by atoms with Crippen LogP contribution in [0.1, 0.15) is 26.3 Å². The molecule has 1 aromatic rings. The molecule has 0 aromatic heterocycles. The lowest BCUT2D eigenvalue weighted by molar-refractivity contribution is -0.165. The molecular formula is C21H32O5Si. The second-order valence-corrected chi connectivity index (χ2v) is 13.9. The molecule has 2 fully saturated rings. The van der Waals surface area contributed by atoms with Gasteiger partial charge in [-0.2, -0.15) is 0 Å². The fourth-order valence-electron chi connectivity index (χ4n) is 3.64. The Morgan fingerprint density at radius 3 is 2.41 bits per heavy atom. The predicted octanol–water partition coefficient (Wildman–Crippen LogP) is 3.78. The maximum atomic E-state index is 12.6. The number of ether oxygens (including phenoxy) is 3. The van der Waals surface area contributed by atoms with E-state index in [2.05, 4.69) is 33.9 Å². The van der Waals surface area contributed by atoms with Crippen molar-refractivity contribution in [1.82, 2.24) is 0 Å². The number of rotatable bonds is 6. The molecule has 0 spiro atoms. The summed E-state index contributed by atoms with van der Waals surface area (Å²) < 4.78 is 23.8. The van der Waals surface area contributed by atoms with Crippen molar-refractivity contribution in [2.45, 2.75) is 63.8 Å². The average molecular weight is 393 g/mol. The molecule has 0 N–H and O–H groups in total. The first-order valence-electron chi connectivity index (χ1n) is 9.70. The highest BCUT2D eigenvalue weighted by molar-refractivity contribution is 6.74. The average Bonchev–Trinajstić information content (AvgIpc) is 3.10. The molecule has 2 saturated heterocycles. The molecular weight excluding hydrogens is 360 g/mol. The number of fused-ring (bicyclic) bond motifs is 1. The summed E-state index contributed by atoms with van der Waals surface area (Å²) in [5.41, 5.74) is 1.12. The Morgan fingerprint density at radius 1 is 1.15 bits per heavy atom. The first-order chi connectivity index (χ1) is 12.6. The number of carbonyl (C=O) groups is 1. The monoisotopic (exact) mass is 392 g/mol. The van der Waals surface area contributed by atoms with Crippen molar-refractivity contribution in [1.29, 1.82) is 0 Å². The van der Waals surface area contributed by atoms with E-state index in [0.29, 0.717) is 13.0 Å². The van der Waals surface area contributed by atoms with E-state index < -0.39 is 14.6 Å². The van der Waals surface area contributed by atoms with Gasteiger partial charge in [-0.3, -0.25) is 4.79 Å². The first kappa shape index (κ1) is 20.5. The zero-order valence-corrected chi connectivity index (χ0v) is 18.2. The Kier molecular flexibility index (Phi) is 5.82. The van der Waals surface area contributed by atoms with Crippen molar-refractivity contribution < 1.29 is 23.4 Å². The third kappa shape index (κ3) is 4.14. The lowest BCUT2D eigenvalue weighted by Crippen LogP contribution is -2.44. The van der Waals surface area contributed by atoms with Gasteiger partial charge in [-0.15, -0.1) is 0 Å². The van der Waals surface area contributed by atoms with Crippen LogP contribution in [0.15, 0.2) is 30.3 Å². The highest BCUT2D eigenvalue weighted by atomic mass is 28.4. The lowest BCUT2D eigenvalue weighted by atomic mass is 9.85. The highest BCUT2D eigenvalue weighted by Crippen LogP contribution is 2.44. The van der Waals surface area contributed by atoms with Crippen molar-refractivity contribution >= 4 is 14.3 Å². The Hall–Kier alpha value is -1.21. The van der Waals surface area contributed by atoms with Gasteiger partial charge >= 0.3 is 5.97 Å². The summed E-state index contributed by atoms with van der Waals surface area (Å²) in [4.78, 5) is 12.6. The van der Waals surface area contributed by atoms with Crippen LogP contribution in [0.5, 0.6) is 0 Å². The lowest BCUT2D eigenvalue weighted by Gasteiger charge is -2.37. The van der Waals surface area contributed by atoms with E-state index in [-0.39, 0.29) is 35.1 Å². The van der Waals surface area contributed by atoms with E-state index >= 15 is 0 Å². The molecule has 2 heterocycles. The molecule has 0 unspecified atom stereocenters. The second kappa shape index (κ2) is 7.66. The summed E-state index contributed by atoms with van der Waals surface area (Å²) in [7, 11) is -0.279. The Balaban J connectivity index is 1.72. The molecule has 6 heteroatoms. The summed E-state index contributed by atoms with van der Waals surface area (Å²) in [6.45, 7) is 11.5. The number of methoxy groups -OCH3 is 1. The molecule has 2 aliphatic heterocycles. The van der Waals surface area contributed by atoms with Crippen molar-refractivity contribution in [2.75, 3.05) is 13.7 Å². The minimum absolute atomic E-state index is 0.101. The van der Waals surface area contributed by atoms with Gasteiger partial charge in [0.25, 0.3) is 0 Å². The molecule has 0 amide bonds. The largest absolute Gasteiger partial charge is 0.459 e. The van der Waals surface area contributed by atoms with Crippen LogP contribution in [0.3, 0.4) is 0 Å². The van der Waals surface area contributed by atoms with Gasteiger partial charge in [-0.25, -0.2) is 0 Å². The van der Waals surface area contributed by atoms with Crippen LogP contribution in [0.25, 0.3) is 0 Å². The van der Waals surface area contributed by atoms with Crippen LogP contribution in [0.4, 0.5) is 0 Å². The fourth-order valence-corrected chi connectivity index (χ4v) is 4.65. The maximum Gasteiger partial charge on any atom is 0.310 e. The first-order valence-corrected chi connectivity index (χ1v) is 12.6. The molecule has 1 aromatic carbocycles. The zero-order chi connectivity index (χ0) is 19.8.